The van der Waals surface area contributed by atoms with Crippen molar-refractivity contribution in [1.82, 2.24) is 4.57 Å². The molecule has 0 amide bonds. The summed E-state index contributed by atoms with van der Waals surface area (Å²) in [5.41, 5.74) is 0.564. The van der Waals surface area contributed by atoms with E-state index in [1.54, 1.807) is 19.2 Å². The zero-order valence-electron chi connectivity index (χ0n) is 10.2. The predicted molar refractivity (Wildman–Crippen MR) is 63.8 cm³/mol. The lowest BCUT2D eigenvalue weighted by Gasteiger charge is -2.09. The maximum Gasteiger partial charge on any atom is 0.309 e. The third kappa shape index (κ3) is 2.28. The fourth-order valence-corrected chi connectivity index (χ4v) is 2.07. The van der Waals surface area contributed by atoms with E-state index >= 15 is 0 Å². The van der Waals surface area contributed by atoms with Crippen LogP contribution < -0.4 is 5.56 Å². The molecule has 5 heteroatoms. The van der Waals surface area contributed by atoms with Gasteiger partial charge in [-0.1, -0.05) is 0 Å². The second-order valence-electron chi connectivity index (χ2n) is 4.43. The van der Waals surface area contributed by atoms with Gasteiger partial charge in [0.05, 0.1) is 12.5 Å². The predicted octanol–water partition coefficient (Wildman–Crippen LogP) is 0.982. The van der Waals surface area contributed by atoms with E-state index in [2.05, 4.69) is 0 Å². The van der Waals surface area contributed by atoms with Crippen molar-refractivity contribution in [2.75, 3.05) is 6.61 Å². The van der Waals surface area contributed by atoms with E-state index < -0.39 is 0 Å². The van der Waals surface area contributed by atoms with Crippen molar-refractivity contribution in [3.63, 3.8) is 0 Å². The summed E-state index contributed by atoms with van der Waals surface area (Å²) in [6, 6.07) is 3.66. The van der Waals surface area contributed by atoms with E-state index in [1.165, 1.54) is 4.57 Å². The highest BCUT2D eigenvalue weighted by Crippen LogP contribution is 2.18. The minimum atomic E-state index is -0.288. The summed E-state index contributed by atoms with van der Waals surface area (Å²) in [4.78, 5) is 23.2. The average molecular weight is 246 g/mol. The monoisotopic (exact) mass is 246 g/mol. The van der Waals surface area contributed by atoms with Crippen LogP contribution >= 0.6 is 0 Å². The summed E-state index contributed by atoms with van der Waals surface area (Å²) >= 11 is 0. The Morgan fingerprint density at radius 3 is 2.94 bits per heavy atom. The largest absolute Gasteiger partial charge is 0.465 e. The molecule has 0 saturated carbocycles. The molecule has 1 aromatic heterocycles. The van der Waals surface area contributed by atoms with Crippen molar-refractivity contribution in [2.24, 2.45) is 5.92 Å². The highest BCUT2D eigenvalue weighted by molar-refractivity contribution is 5.73. The molecule has 1 aliphatic rings. The second-order valence-corrected chi connectivity index (χ2v) is 4.43. The molecule has 18 heavy (non-hydrogen) atoms. The maximum atomic E-state index is 11.9. The molecule has 0 aliphatic carbocycles. The molecule has 0 spiro atoms. The van der Waals surface area contributed by atoms with Crippen LogP contribution in [0.2, 0.25) is 0 Å². The van der Waals surface area contributed by atoms with Crippen molar-refractivity contribution in [2.45, 2.75) is 26.3 Å². The van der Waals surface area contributed by atoms with Crippen LogP contribution in [0.25, 0.3) is 0 Å². The first-order chi connectivity index (χ1) is 8.63. The van der Waals surface area contributed by atoms with Gasteiger partial charge in [-0.15, -0.1) is 0 Å². The number of carbonyl (C=O) groups is 1. The Hall–Kier alpha value is -2.09. The van der Waals surface area contributed by atoms with Gasteiger partial charge in [0.1, 0.15) is 11.6 Å². The molecule has 1 unspecified atom stereocenters. The van der Waals surface area contributed by atoms with Gasteiger partial charge in [0, 0.05) is 12.7 Å². The van der Waals surface area contributed by atoms with Gasteiger partial charge in [-0.25, -0.2) is 0 Å². The van der Waals surface area contributed by atoms with Gasteiger partial charge in [0.2, 0.25) is 0 Å². The third-order valence-electron chi connectivity index (χ3n) is 3.25. The Kier molecular flexibility index (Phi) is 3.47. The summed E-state index contributed by atoms with van der Waals surface area (Å²) in [6.07, 6.45) is 2.95. The molecule has 0 radical (unpaired) electrons. The molecule has 5 nitrogen and oxygen atoms in total. The van der Waals surface area contributed by atoms with E-state index in [9.17, 15) is 9.59 Å². The molecule has 1 aromatic rings. The fourth-order valence-electron chi connectivity index (χ4n) is 2.07. The minimum absolute atomic E-state index is 0.122. The van der Waals surface area contributed by atoms with Crippen molar-refractivity contribution >= 4 is 5.97 Å². The first-order valence-corrected chi connectivity index (χ1v) is 5.90. The van der Waals surface area contributed by atoms with E-state index in [4.69, 9.17) is 10.00 Å². The summed E-state index contributed by atoms with van der Waals surface area (Å²) in [6.45, 7) is 2.64. The summed E-state index contributed by atoms with van der Waals surface area (Å²) in [7, 11) is 0. The van der Waals surface area contributed by atoms with Gasteiger partial charge in [-0.05, 0) is 31.4 Å². The lowest BCUT2D eigenvalue weighted by Crippen LogP contribution is -2.24. The Labute approximate surface area is 105 Å². The van der Waals surface area contributed by atoms with E-state index in [0.717, 1.165) is 0 Å². The third-order valence-corrected chi connectivity index (χ3v) is 3.25. The average Bonchev–Trinajstić information content (AvgIpc) is 2.75. The summed E-state index contributed by atoms with van der Waals surface area (Å²) in [5, 5.41) is 8.91. The molecule has 94 valence electrons. The second kappa shape index (κ2) is 5.05. The Bertz CT molecular complexity index is 569. The number of pyridine rings is 1. The first kappa shape index (κ1) is 12.4. The normalized spacial score (nSPS) is 18.4. The number of cyclic esters (lactones) is 1. The number of esters is 1. The van der Waals surface area contributed by atoms with Crippen LogP contribution in [0.15, 0.2) is 17.1 Å². The van der Waals surface area contributed by atoms with Gasteiger partial charge in [-0.2, -0.15) is 5.26 Å². The number of hydrogen-bond acceptors (Lipinski definition) is 4. The molecule has 2 rings (SSSR count). The molecule has 1 saturated heterocycles. The van der Waals surface area contributed by atoms with Crippen LogP contribution in [0.3, 0.4) is 0 Å². The van der Waals surface area contributed by atoms with E-state index in [1.807, 2.05) is 6.07 Å². The highest BCUT2D eigenvalue weighted by atomic mass is 16.5. The number of aryl methyl sites for hydroxylation is 2. The Balaban J connectivity index is 2.13. The molecular weight excluding hydrogens is 232 g/mol. The zero-order valence-corrected chi connectivity index (χ0v) is 10.2. The highest BCUT2D eigenvalue weighted by Gasteiger charge is 2.26. The lowest BCUT2D eigenvalue weighted by atomic mass is 10.0. The molecule has 0 N–H and O–H groups in total. The fraction of sp³-hybridized carbons (Fsp3) is 0.462. The number of nitrogens with zero attached hydrogens (tertiary/aromatic N) is 2. The topological polar surface area (TPSA) is 72.1 Å². The number of rotatable bonds is 3. The van der Waals surface area contributed by atoms with Crippen molar-refractivity contribution in [3.8, 4) is 6.07 Å². The van der Waals surface area contributed by atoms with Crippen LogP contribution in [-0.2, 0) is 16.1 Å². The SMILES string of the molecule is Cc1ccn(CCC2CCOC2=O)c(=O)c1C#N. The molecule has 1 fully saturated rings. The van der Waals surface area contributed by atoms with Crippen LogP contribution in [0.4, 0.5) is 0 Å². The molecule has 1 atom stereocenters. The minimum Gasteiger partial charge on any atom is -0.465 e. The van der Waals surface area contributed by atoms with Crippen molar-refractivity contribution in [1.29, 1.82) is 5.26 Å². The van der Waals surface area contributed by atoms with Gasteiger partial charge in [-0.3, -0.25) is 9.59 Å². The van der Waals surface area contributed by atoms with Gasteiger partial charge < -0.3 is 9.30 Å². The van der Waals surface area contributed by atoms with Gasteiger partial charge in [0.25, 0.3) is 5.56 Å². The Morgan fingerprint density at radius 2 is 2.33 bits per heavy atom. The van der Waals surface area contributed by atoms with Gasteiger partial charge >= 0.3 is 5.97 Å². The van der Waals surface area contributed by atoms with E-state index in [0.29, 0.717) is 31.6 Å². The first-order valence-electron chi connectivity index (χ1n) is 5.90. The van der Waals surface area contributed by atoms with Crippen LogP contribution in [0.5, 0.6) is 0 Å². The van der Waals surface area contributed by atoms with Crippen LogP contribution in [0.1, 0.15) is 24.0 Å². The number of hydrogen-bond donors (Lipinski definition) is 0. The van der Waals surface area contributed by atoms with Crippen molar-refractivity contribution < 1.29 is 9.53 Å². The smallest absolute Gasteiger partial charge is 0.309 e. The summed E-state index contributed by atoms with van der Waals surface area (Å²) < 4.78 is 6.35. The number of nitriles is 1. The lowest BCUT2D eigenvalue weighted by molar-refractivity contribution is -0.141. The maximum absolute atomic E-state index is 11.9. The summed E-state index contributed by atoms with van der Waals surface area (Å²) in [5.74, 6) is -0.306. The zero-order chi connectivity index (χ0) is 13.1. The molecule has 0 aromatic carbocycles. The van der Waals surface area contributed by atoms with E-state index in [-0.39, 0.29) is 23.0 Å². The molecule has 1 aliphatic heterocycles. The van der Waals surface area contributed by atoms with Gasteiger partial charge in [0.15, 0.2) is 0 Å². The number of ether oxygens (including phenoxy) is 1. The van der Waals surface area contributed by atoms with Crippen molar-refractivity contribution in [3.05, 3.63) is 33.7 Å². The van der Waals surface area contributed by atoms with Crippen LogP contribution in [-0.4, -0.2) is 17.1 Å². The molecule has 0 bridgehead atoms. The number of carbonyl (C=O) groups excluding carboxylic acids is 1. The molecular formula is C13H14N2O3. The standard InChI is InChI=1S/C13H14N2O3/c1-9-2-5-15(12(16)11(9)8-14)6-3-10-4-7-18-13(10)17/h2,5,10H,3-4,6-7H2,1H3. The molecule has 2 heterocycles. The Morgan fingerprint density at radius 1 is 1.56 bits per heavy atom. The number of aromatic nitrogens is 1. The van der Waals surface area contributed by atoms with Crippen LogP contribution in [0, 0.1) is 24.2 Å². The quantitative estimate of drug-likeness (QED) is 0.745.